The molecule has 0 aliphatic heterocycles. The van der Waals surface area contributed by atoms with Crippen LogP contribution in [-0.2, 0) is 0 Å². The van der Waals surface area contributed by atoms with Gasteiger partial charge in [-0.1, -0.05) is 36.4 Å². The van der Waals surface area contributed by atoms with Crippen LogP contribution in [0.25, 0.3) is 27.6 Å². The van der Waals surface area contributed by atoms with E-state index in [9.17, 15) is 0 Å². The van der Waals surface area contributed by atoms with Gasteiger partial charge in [0, 0.05) is 5.39 Å². The lowest BCUT2D eigenvalue weighted by molar-refractivity contribution is 0.803. The van der Waals surface area contributed by atoms with Gasteiger partial charge in [0.15, 0.2) is 5.65 Å². The maximum atomic E-state index is 6.00. The zero-order valence-corrected chi connectivity index (χ0v) is 13.0. The van der Waals surface area contributed by atoms with Gasteiger partial charge in [-0.05, 0) is 38.0 Å². The number of nitrogen functional groups attached to an aromatic ring is 1. The highest BCUT2D eigenvalue weighted by atomic mass is 15.5. The Hall–Kier alpha value is -2.75. The number of rotatable bonds is 1. The third-order valence-electron chi connectivity index (χ3n) is 4.42. The Bertz CT molecular complexity index is 1000. The summed E-state index contributed by atoms with van der Waals surface area (Å²) in [4.78, 5) is 1.47. The number of para-hydroxylation sites is 2. The van der Waals surface area contributed by atoms with Crippen LogP contribution in [0.15, 0.2) is 42.5 Å². The lowest BCUT2D eigenvalue weighted by Gasteiger charge is -2.13. The predicted octanol–water partition coefficient (Wildman–Crippen LogP) is 3.62. The van der Waals surface area contributed by atoms with Crippen molar-refractivity contribution in [3.63, 3.8) is 0 Å². The quantitative estimate of drug-likeness (QED) is 0.544. The minimum Gasteiger partial charge on any atom is -0.323 e. The molecular formula is C18H18N4. The Morgan fingerprint density at radius 2 is 1.59 bits per heavy atom. The van der Waals surface area contributed by atoms with Crippen LogP contribution >= 0.6 is 0 Å². The minimum atomic E-state index is 0.915. The van der Waals surface area contributed by atoms with E-state index < -0.39 is 0 Å². The number of aryl methyl sites for hydroxylation is 3. The van der Waals surface area contributed by atoms with Crippen molar-refractivity contribution in [2.24, 2.45) is 0 Å². The van der Waals surface area contributed by atoms with E-state index in [0.29, 0.717) is 0 Å². The van der Waals surface area contributed by atoms with Crippen LogP contribution in [0.4, 0.5) is 0 Å². The number of benzene rings is 2. The molecule has 0 aliphatic rings. The van der Waals surface area contributed by atoms with Crippen molar-refractivity contribution in [2.45, 2.75) is 20.8 Å². The van der Waals surface area contributed by atoms with Crippen molar-refractivity contribution in [3.8, 4) is 5.69 Å². The van der Waals surface area contributed by atoms with Crippen LogP contribution in [0.5, 0.6) is 0 Å². The number of nitrogens with zero attached hydrogens (tertiary/aromatic N) is 3. The topological polar surface area (TPSA) is 48.8 Å². The molecule has 4 heteroatoms. The summed E-state index contributed by atoms with van der Waals surface area (Å²) in [5.41, 5.74) is 6.71. The van der Waals surface area contributed by atoms with Crippen molar-refractivity contribution < 1.29 is 0 Å². The Morgan fingerprint density at radius 1 is 0.909 bits per heavy atom. The number of hydrogen-bond donors (Lipinski definition) is 1. The maximum Gasteiger partial charge on any atom is 0.170 e. The first-order valence-corrected chi connectivity index (χ1v) is 7.40. The molecule has 4 nitrogen and oxygen atoms in total. The zero-order valence-electron chi connectivity index (χ0n) is 13.0. The Kier molecular flexibility index (Phi) is 2.57. The van der Waals surface area contributed by atoms with Gasteiger partial charge in [-0.3, -0.25) is 4.57 Å². The number of aromatic nitrogens is 3. The summed E-state index contributed by atoms with van der Waals surface area (Å²) in [5, 5.41) is 6.88. The van der Waals surface area contributed by atoms with Crippen LogP contribution in [0.2, 0.25) is 0 Å². The molecule has 0 fully saturated rings. The number of nitrogens with two attached hydrogens (primary N) is 1. The summed E-state index contributed by atoms with van der Waals surface area (Å²) in [5.74, 6) is 6.00. The van der Waals surface area contributed by atoms with E-state index >= 15 is 0 Å². The van der Waals surface area contributed by atoms with Crippen LogP contribution in [0.1, 0.15) is 16.8 Å². The zero-order chi connectivity index (χ0) is 15.4. The normalized spacial score (nSPS) is 11.6. The summed E-state index contributed by atoms with van der Waals surface area (Å²) >= 11 is 0. The van der Waals surface area contributed by atoms with Crippen LogP contribution in [0, 0.1) is 20.8 Å². The molecule has 4 rings (SSSR count). The average molecular weight is 290 g/mol. The monoisotopic (exact) mass is 290 g/mol. The standard InChI is InChI=1S/C18H18N4/c1-11-7-6-8-12(2)17(11)21-15-10-5-4-9-14(15)16-13(3)22(19)20-18(16)21/h4-10H,19H2,1-3H3. The minimum absolute atomic E-state index is 0.915. The highest BCUT2D eigenvalue weighted by molar-refractivity contribution is 6.09. The van der Waals surface area contributed by atoms with E-state index in [1.165, 1.54) is 32.5 Å². The van der Waals surface area contributed by atoms with Gasteiger partial charge in [-0.15, -0.1) is 5.10 Å². The van der Waals surface area contributed by atoms with Gasteiger partial charge < -0.3 is 5.84 Å². The van der Waals surface area contributed by atoms with Crippen molar-refractivity contribution >= 4 is 21.9 Å². The van der Waals surface area contributed by atoms with E-state index in [1.807, 2.05) is 6.92 Å². The Balaban J connectivity index is 2.28. The van der Waals surface area contributed by atoms with Gasteiger partial charge >= 0.3 is 0 Å². The molecule has 0 unspecified atom stereocenters. The van der Waals surface area contributed by atoms with E-state index in [0.717, 1.165) is 16.7 Å². The predicted molar refractivity (Wildman–Crippen MR) is 90.9 cm³/mol. The SMILES string of the molecule is Cc1cccc(C)c1-n1c2ccccc2c2c(C)n(N)nc21. The van der Waals surface area contributed by atoms with Gasteiger partial charge in [0.05, 0.1) is 22.3 Å². The summed E-state index contributed by atoms with van der Waals surface area (Å²) in [6.45, 7) is 6.28. The molecule has 0 spiro atoms. The molecule has 110 valence electrons. The Labute approximate surface area is 128 Å². The molecule has 0 bridgehead atoms. The van der Waals surface area contributed by atoms with Crippen LogP contribution in [-0.4, -0.2) is 14.5 Å². The summed E-state index contributed by atoms with van der Waals surface area (Å²) in [6, 6.07) is 14.8. The van der Waals surface area contributed by atoms with Gasteiger partial charge in [0.2, 0.25) is 0 Å². The molecule has 2 aromatic carbocycles. The molecule has 4 aromatic rings. The van der Waals surface area contributed by atoms with Gasteiger partial charge in [0.1, 0.15) is 0 Å². The third-order valence-corrected chi connectivity index (χ3v) is 4.42. The summed E-state index contributed by atoms with van der Waals surface area (Å²) in [6.07, 6.45) is 0. The lowest BCUT2D eigenvalue weighted by Crippen LogP contribution is -2.12. The fraction of sp³-hybridized carbons (Fsp3) is 0.167. The second-order valence-corrected chi connectivity index (χ2v) is 5.82. The second kappa shape index (κ2) is 4.37. The van der Waals surface area contributed by atoms with Gasteiger partial charge in [-0.2, -0.15) is 4.79 Å². The maximum absolute atomic E-state index is 6.00. The van der Waals surface area contributed by atoms with Gasteiger partial charge in [0.25, 0.3) is 0 Å². The highest BCUT2D eigenvalue weighted by Gasteiger charge is 2.19. The van der Waals surface area contributed by atoms with Crippen LogP contribution in [0.3, 0.4) is 0 Å². The largest absolute Gasteiger partial charge is 0.323 e. The van der Waals surface area contributed by atoms with Crippen LogP contribution < -0.4 is 5.84 Å². The molecular weight excluding hydrogens is 272 g/mol. The number of hydrogen-bond acceptors (Lipinski definition) is 2. The van der Waals surface area contributed by atoms with Crippen molar-refractivity contribution in [3.05, 3.63) is 59.3 Å². The molecule has 22 heavy (non-hydrogen) atoms. The summed E-state index contributed by atoms with van der Waals surface area (Å²) < 4.78 is 2.23. The molecule has 0 saturated heterocycles. The van der Waals surface area contributed by atoms with Gasteiger partial charge in [-0.25, -0.2) is 0 Å². The molecule has 0 amide bonds. The van der Waals surface area contributed by atoms with E-state index in [4.69, 9.17) is 5.84 Å². The molecule has 2 N–H and O–H groups in total. The van der Waals surface area contributed by atoms with Crippen molar-refractivity contribution in [1.29, 1.82) is 0 Å². The first kappa shape index (κ1) is 13.0. The average Bonchev–Trinajstić information content (AvgIpc) is 2.95. The van der Waals surface area contributed by atoms with E-state index in [1.54, 1.807) is 0 Å². The first-order valence-electron chi connectivity index (χ1n) is 7.40. The third kappa shape index (κ3) is 1.55. The second-order valence-electron chi connectivity index (χ2n) is 5.82. The fourth-order valence-corrected chi connectivity index (χ4v) is 3.35. The van der Waals surface area contributed by atoms with E-state index in [-0.39, 0.29) is 0 Å². The smallest absolute Gasteiger partial charge is 0.170 e. The molecule has 0 saturated carbocycles. The Morgan fingerprint density at radius 3 is 2.32 bits per heavy atom. The molecule has 0 radical (unpaired) electrons. The molecule has 0 aliphatic carbocycles. The first-order chi connectivity index (χ1) is 10.6. The molecule has 2 heterocycles. The number of fused-ring (bicyclic) bond motifs is 3. The summed E-state index contributed by atoms with van der Waals surface area (Å²) in [7, 11) is 0. The van der Waals surface area contributed by atoms with E-state index in [2.05, 4.69) is 66.0 Å². The van der Waals surface area contributed by atoms with Crippen molar-refractivity contribution in [1.82, 2.24) is 14.5 Å². The fourth-order valence-electron chi connectivity index (χ4n) is 3.35. The van der Waals surface area contributed by atoms with Crippen molar-refractivity contribution in [2.75, 3.05) is 5.84 Å². The molecule has 2 aromatic heterocycles. The highest BCUT2D eigenvalue weighted by Crippen LogP contribution is 2.34. The lowest BCUT2D eigenvalue weighted by atomic mass is 10.1. The molecule has 0 atom stereocenters.